The van der Waals surface area contributed by atoms with Gasteiger partial charge < -0.3 is 11.1 Å². The number of nitrogens with one attached hydrogen (secondary N) is 1. The van der Waals surface area contributed by atoms with E-state index in [1.54, 1.807) is 0 Å². The summed E-state index contributed by atoms with van der Waals surface area (Å²) in [6.07, 6.45) is 2.95. The van der Waals surface area contributed by atoms with Crippen LogP contribution in [0.2, 0.25) is 0 Å². The summed E-state index contributed by atoms with van der Waals surface area (Å²) in [6.45, 7) is 2.08. The van der Waals surface area contributed by atoms with Gasteiger partial charge in [-0.1, -0.05) is 12.1 Å². The normalized spacial score (nSPS) is 15.8. The molecule has 17 heavy (non-hydrogen) atoms. The largest absolute Gasteiger partial charge is 0.399 e. The van der Waals surface area contributed by atoms with E-state index < -0.39 is 0 Å². The molecule has 1 fully saturated rings. The van der Waals surface area contributed by atoms with Crippen molar-refractivity contribution in [2.75, 3.05) is 5.73 Å². The van der Waals surface area contributed by atoms with Crippen molar-refractivity contribution in [2.45, 2.75) is 32.2 Å². The lowest BCUT2D eigenvalue weighted by molar-refractivity contribution is -0.121. The van der Waals surface area contributed by atoms with Gasteiger partial charge in [0.2, 0.25) is 5.91 Å². The van der Waals surface area contributed by atoms with Crippen molar-refractivity contribution in [1.82, 2.24) is 5.32 Å². The lowest BCUT2D eigenvalue weighted by Crippen LogP contribution is -2.35. The van der Waals surface area contributed by atoms with Crippen LogP contribution in [0.15, 0.2) is 24.3 Å². The van der Waals surface area contributed by atoms with Crippen LogP contribution in [0.3, 0.4) is 0 Å². The van der Waals surface area contributed by atoms with Gasteiger partial charge in [0.05, 0.1) is 6.42 Å². The Morgan fingerprint density at radius 2 is 2.00 bits per heavy atom. The van der Waals surface area contributed by atoms with Crippen LogP contribution in [0, 0.1) is 5.92 Å². The number of halogens is 1. The summed E-state index contributed by atoms with van der Waals surface area (Å²) in [4.78, 5) is 11.7. The molecular weight excluding hydrogens is 236 g/mol. The first kappa shape index (κ1) is 13.8. The SMILES string of the molecule is CC(NC(=O)Cc1ccc(N)cc1)C1CC1.Cl. The molecule has 1 aliphatic rings. The number of hydrogen-bond donors (Lipinski definition) is 2. The van der Waals surface area contributed by atoms with Crippen molar-refractivity contribution in [1.29, 1.82) is 0 Å². The van der Waals surface area contributed by atoms with Crippen LogP contribution in [0.5, 0.6) is 0 Å². The zero-order valence-corrected chi connectivity index (χ0v) is 10.8. The van der Waals surface area contributed by atoms with Crippen LogP contribution in [0.25, 0.3) is 0 Å². The van der Waals surface area contributed by atoms with Crippen molar-refractivity contribution in [3.05, 3.63) is 29.8 Å². The maximum atomic E-state index is 11.7. The van der Waals surface area contributed by atoms with E-state index in [0.29, 0.717) is 18.4 Å². The van der Waals surface area contributed by atoms with Crippen molar-refractivity contribution < 1.29 is 4.79 Å². The maximum absolute atomic E-state index is 11.7. The van der Waals surface area contributed by atoms with Gasteiger partial charge in [0.15, 0.2) is 0 Å². The van der Waals surface area contributed by atoms with Crippen LogP contribution in [-0.4, -0.2) is 11.9 Å². The molecule has 0 radical (unpaired) electrons. The van der Waals surface area contributed by atoms with Gasteiger partial charge in [-0.3, -0.25) is 4.79 Å². The third-order valence-corrected chi connectivity index (χ3v) is 3.06. The summed E-state index contributed by atoms with van der Waals surface area (Å²) in [6, 6.07) is 7.77. The van der Waals surface area contributed by atoms with E-state index in [0.717, 1.165) is 11.3 Å². The van der Waals surface area contributed by atoms with E-state index in [2.05, 4.69) is 12.2 Å². The molecule has 3 N–H and O–H groups in total. The fourth-order valence-electron chi connectivity index (χ4n) is 1.84. The van der Waals surface area contributed by atoms with E-state index in [1.165, 1.54) is 12.8 Å². The van der Waals surface area contributed by atoms with Crippen molar-refractivity contribution in [3.63, 3.8) is 0 Å². The molecule has 0 aromatic heterocycles. The van der Waals surface area contributed by atoms with Gasteiger partial charge in [0.1, 0.15) is 0 Å². The number of amides is 1. The molecule has 0 heterocycles. The predicted molar refractivity (Wildman–Crippen MR) is 72.1 cm³/mol. The summed E-state index contributed by atoms with van der Waals surface area (Å²) in [7, 11) is 0. The molecule has 4 heteroatoms. The molecule has 1 amide bonds. The Morgan fingerprint density at radius 3 is 2.53 bits per heavy atom. The molecule has 1 atom stereocenters. The summed E-state index contributed by atoms with van der Waals surface area (Å²) in [5.74, 6) is 0.805. The van der Waals surface area contributed by atoms with E-state index >= 15 is 0 Å². The predicted octanol–water partition coefficient (Wildman–Crippen LogP) is 2.15. The lowest BCUT2D eigenvalue weighted by atomic mass is 10.1. The fraction of sp³-hybridized carbons (Fsp3) is 0.462. The number of anilines is 1. The van der Waals surface area contributed by atoms with Gasteiger partial charge in [-0.2, -0.15) is 0 Å². The van der Waals surface area contributed by atoms with Crippen LogP contribution in [-0.2, 0) is 11.2 Å². The highest BCUT2D eigenvalue weighted by molar-refractivity contribution is 5.85. The highest BCUT2D eigenvalue weighted by atomic mass is 35.5. The smallest absolute Gasteiger partial charge is 0.224 e. The standard InChI is InChI=1S/C13H18N2O.ClH/c1-9(11-4-5-11)15-13(16)8-10-2-6-12(14)7-3-10;/h2-3,6-7,9,11H,4-5,8,14H2,1H3,(H,15,16);1H. The number of carbonyl (C=O) groups is 1. The molecule has 1 saturated carbocycles. The molecule has 0 aliphatic heterocycles. The summed E-state index contributed by atoms with van der Waals surface area (Å²) >= 11 is 0. The van der Waals surface area contributed by atoms with Gasteiger partial charge in [0.25, 0.3) is 0 Å². The fourth-order valence-corrected chi connectivity index (χ4v) is 1.84. The third-order valence-electron chi connectivity index (χ3n) is 3.06. The Hall–Kier alpha value is -1.22. The number of carbonyl (C=O) groups excluding carboxylic acids is 1. The molecule has 1 aromatic carbocycles. The van der Waals surface area contributed by atoms with E-state index in [9.17, 15) is 4.79 Å². The minimum Gasteiger partial charge on any atom is -0.399 e. The molecule has 0 saturated heterocycles. The van der Waals surface area contributed by atoms with Crippen LogP contribution < -0.4 is 11.1 Å². The first-order chi connectivity index (χ1) is 7.65. The van der Waals surface area contributed by atoms with Crippen molar-refractivity contribution in [3.8, 4) is 0 Å². The Kier molecular flexibility index (Phi) is 4.82. The zero-order chi connectivity index (χ0) is 11.5. The first-order valence-corrected chi connectivity index (χ1v) is 5.79. The van der Waals surface area contributed by atoms with E-state index in [-0.39, 0.29) is 18.3 Å². The maximum Gasteiger partial charge on any atom is 0.224 e. The second kappa shape index (κ2) is 5.92. The van der Waals surface area contributed by atoms with Crippen molar-refractivity contribution in [2.24, 2.45) is 5.92 Å². The Labute approximate surface area is 108 Å². The molecule has 1 unspecified atom stereocenters. The van der Waals surface area contributed by atoms with Gasteiger partial charge in [-0.15, -0.1) is 12.4 Å². The Bertz CT molecular complexity index is 374. The third kappa shape index (κ3) is 4.27. The van der Waals surface area contributed by atoms with Crippen molar-refractivity contribution >= 4 is 24.0 Å². The molecular formula is C13H19ClN2O. The Balaban J connectivity index is 0.00000144. The highest BCUT2D eigenvalue weighted by Crippen LogP contribution is 2.32. The van der Waals surface area contributed by atoms with Crippen LogP contribution in [0.4, 0.5) is 5.69 Å². The number of nitrogens with two attached hydrogens (primary N) is 1. The zero-order valence-electron chi connectivity index (χ0n) is 9.98. The topological polar surface area (TPSA) is 55.1 Å². The monoisotopic (exact) mass is 254 g/mol. The Morgan fingerprint density at radius 1 is 1.41 bits per heavy atom. The quantitative estimate of drug-likeness (QED) is 0.809. The number of hydrogen-bond acceptors (Lipinski definition) is 2. The lowest BCUT2D eigenvalue weighted by Gasteiger charge is -2.12. The van der Waals surface area contributed by atoms with Gasteiger partial charge in [-0.05, 0) is 43.4 Å². The summed E-state index contributed by atoms with van der Waals surface area (Å²) < 4.78 is 0. The molecule has 94 valence electrons. The number of nitrogen functional groups attached to an aromatic ring is 1. The number of rotatable bonds is 4. The molecule has 1 aliphatic carbocycles. The molecule has 0 spiro atoms. The molecule has 1 aromatic rings. The molecule has 0 bridgehead atoms. The van der Waals surface area contributed by atoms with Gasteiger partial charge >= 0.3 is 0 Å². The average molecular weight is 255 g/mol. The van der Waals surface area contributed by atoms with Gasteiger partial charge in [0, 0.05) is 11.7 Å². The van der Waals surface area contributed by atoms with E-state index in [4.69, 9.17) is 5.73 Å². The minimum absolute atomic E-state index is 0. The highest BCUT2D eigenvalue weighted by Gasteiger charge is 2.28. The first-order valence-electron chi connectivity index (χ1n) is 5.79. The second-order valence-corrected chi connectivity index (χ2v) is 4.61. The molecule has 3 nitrogen and oxygen atoms in total. The minimum atomic E-state index is 0. The summed E-state index contributed by atoms with van der Waals surface area (Å²) in [5.41, 5.74) is 7.33. The summed E-state index contributed by atoms with van der Waals surface area (Å²) in [5, 5.41) is 3.03. The molecule has 2 rings (SSSR count). The average Bonchev–Trinajstić information content (AvgIpc) is 3.04. The number of benzene rings is 1. The van der Waals surface area contributed by atoms with Crippen LogP contribution >= 0.6 is 12.4 Å². The second-order valence-electron chi connectivity index (χ2n) is 4.61. The van der Waals surface area contributed by atoms with E-state index in [1.807, 2.05) is 24.3 Å². The van der Waals surface area contributed by atoms with Crippen LogP contribution in [0.1, 0.15) is 25.3 Å². The van der Waals surface area contributed by atoms with Gasteiger partial charge in [-0.25, -0.2) is 0 Å².